The molecular weight excluding hydrogens is 350 g/mol. The lowest BCUT2D eigenvalue weighted by molar-refractivity contribution is 0.0714. The molecule has 3 heterocycles. The minimum Gasteiger partial charge on any atom is -0.358 e. The summed E-state index contributed by atoms with van der Waals surface area (Å²) in [4.78, 5) is 14.7. The van der Waals surface area contributed by atoms with Crippen molar-refractivity contribution in [1.82, 2.24) is 29.8 Å². The third kappa shape index (κ3) is 4.21. The number of carbonyl (C=O) groups is 1. The van der Waals surface area contributed by atoms with Crippen molar-refractivity contribution in [1.29, 1.82) is 0 Å². The molecule has 3 rings (SSSR count). The predicted octanol–water partition coefficient (Wildman–Crippen LogP) is 1.75. The van der Waals surface area contributed by atoms with Gasteiger partial charge in [0.2, 0.25) is 0 Å². The summed E-state index contributed by atoms with van der Waals surface area (Å²) in [5.74, 6) is -0.000720. The Morgan fingerprint density at radius 3 is 2.69 bits per heavy atom. The Balaban J connectivity index is 1.62. The van der Waals surface area contributed by atoms with Crippen molar-refractivity contribution in [3.63, 3.8) is 0 Å². The van der Waals surface area contributed by atoms with Gasteiger partial charge in [-0.2, -0.15) is 10.2 Å². The molecule has 2 aromatic rings. The smallest absolute Gasteiger partial charge is 0.274 e. The predicted molar refractivity (Wildman–Crippen MR) is 104 cm³/mol. The lowest BCUT2D eigenvalue weighted by Crippen LogP contribution is -2.37. The molecule has 140 valence electrons. The Bertz CT molecular complexity index is 776. The van der Waals surface area contributed by atoms with Gasteiger partial charge in [-0.15, -0.1) is 0 Å². The van der Waals surface area contributed by atoms with Gasteiger partial charge in [0.05, 0.1) is 18.1 Å². The van der Waals surface area contributed by atoms with Crippen LogP contribution in [0.1, 0.15) is 42.2 Å². The summed E-state index contributed by atoms with van der Waals surface area (Å²) in [6.45, 7) is 5.04. The zero-order chi connectivity index (χ0) is 18.5. The second kappa shape index (κ2) is 8.31. The number of thiocarbonyl (C=S) groups is 1. The highest BCUT2D eigenvalue weighted by molar-refractivity contribution is 7.80. The Hall–Kier alpha value is -2.42. The van der Waals surface area contributed by atoms with E-state index in [-0.39, 0.29) is 5.91 Å². The van der Waals surface area contributed by atoms with Gasteiger partial charge in [-0.25, -0.2) is 0 Å². The van der Waals surface area contributed by atoms with Crippen molar-refractivity contribution in [2.75, 3.05) is 18.4 Å². The molecule has 0 aromatic carbocycles. The van der Waals surface area contributed by atoms with Crippen LogP contribution in [0.4, 0.5) is 5.69 Å². The van der Waals surface area contributed by atoms with Crippen molar-refractivity contribution >= 4 is 28.9 Å². The molecule has 1 aliphatic rings. The van der Waals surface area contributed by atoms with Crippen LogP contribution in [-0.4, -0.2) is 48.6 Å². The Kier molecular flexibility index (Phi) is 5.87. The lowest BCUT2D eigenvalue weighted by Gasteiger charge is -2.27. The number of piperidine rings is 1. The maximum Gasteiger partial charge on any atom is 0.274 e. The number of likely N-dealkylation sites (tertiary alicyclic amines) is 1. The minimum atomic E-state index is -0.000720. The van der Waals surface area contributed by atoms with E-state index < -0.39 is 0 Å². The monoisotopic (exact) mass is 375 g/mol. The zero-order valence-electron chi connectivity index (χ0n) is 15.2. The normalized spacial score (nSPS) is 14.3. The molecule has 0 saturated carbocycles. The van der Waals surface area contributed by atoms with Crippen LogP contribution in [0.25, 0.3) is 0 Å². The second-order valence-electron chi connectivity index (χ2n) is 6.40. The van der Waals surface area contributed by atoms with Crippen molar-refractivity contribution in [3.05, 3.63) is 29.8 Å². The quantitative estimate of drug-likeness (QED) is 0.775. The number of hydrogen-bond acceptors (Lipinski definition) is 4. The standard InChI is InChI=1S/C17H25N7OS/c1-3-24-12-13(10-20-24)9-18-17(26)21-14-11-19-22(2)15(14)16(25)23-7-5-4-6-8-23/h10-12H,3-9H2,1-2H3,(H2,18,21,26). The first kappa shape index (κ1) is 18.4. The minimum absolute atomic E-state index is 0.000720. The van der Waals surface area contributed by atoms with Gasteiger partial charge in [0, 0.05) is 45.0 Å². The van der Waals surface area contributed by atoms with Gasteiger partial charge < -0.3 is 15.5 Å². The molecule has 1 amide bonds. The number of hydrogen-bond donors (Lipinski definition) is 2. The van der Waals surface area contributed by atoms with Crippen molar-refractivity contribution in [2.24, 2.45) is 7.05 Å². The topological polar surface area (TPSA) is 80.0 Å². The van der Waals surface area contributed by atoms with Gasteiger partial charge in [-0.3, -0.25) is 14.2 Å². The summed E-state index contributed by atoms with van der Waals surface area (Å²) in [6, 6.07) is 0. The Morgan fingerprint density at radius 1 is 1.23 bits per heavy atom. The summed E-state index contributed by atoms with van der Waals surface area (Å²) >= 11 is 5.37. The number of aryl methyl sites for hydroxylation is 2. The molecule has 1 aliphatic heterocycles. The number of nitrogens with zero attached hydrogens (tertiary/aromatic N) is 5. The van der Waals surface area contributed by atoms with E-state index >= 15 is 0 Å². The Labute approximate surface area is 158 Å². The maximum atomic E-state index is 12.8. The van der Waals surface area contributed by atoms with Crippen molar-refractivity contribution in [3.8, 4) is 0 Å². The summed E-state index contributed by atoms with van der Waals surface area (Å²) in [5.41, 5.74) is 2.21. The molecule has 26 heavy (non-hydrogen) atoms. The third-order valence-electron chi connectivity index (χ3n) is 4.50. The second-order valence-corrected chi connectivity index (χ2v) is 6.80. The van der Waals surface area contributed by atoms with E-state index in [1.807, 2.05) is 28.9 Å². The van der Waals surface area contributed by atoms with Gasteiger partial charge >= 0.3 is 0 Å². The molecule has 2 N–H and O–H groups in total. The molecule has 9 heteroatoms. The van der Waals surface area contributed by atoms with E-state index in [0.717, 1.165) is 38.0 Å². The number of amides is 1. The van der Waals surface area contributed by atoms with E-state index in [1.54, 1.807) is 17.9 Å². The van der Waals surface area contributed by atoms with Crippen LogP contribution in [0.2, 0.25) is 0 Å². The highest BCUT2D eigenvalue weighted by Gasteiger charge is 2.24. The van der Waals surface area contributed by atoms with E-state index in [4.69, 9.17) is 12.2 Å². The highest BCUT2D eigenvalue weighted by atomic mass is 32.1. The fourth-order valence-electron chi connectivity index (χ4n) is 3.05. The van der Waals surface area contributed by atoms with Crippen LogP contribution in [0, 0.1) is 0 Å². The molecule has 0 atom stereocenters. The third-order valence-corrected chi connectivity index (χ3v) is 4.74. The van der Waals surface area contributed by atoms with Crippen LogP contribution >= 0.6 is 12.2 Å². The summed E-state index contributed by atoms with van der Waals surface area (Å²) in [6.07, 6.45) is 8.72. The number of nitrogens with one attached hydrogen (secondary N) is 2. The first-order chi connectivity index (χ1) is 12.6. The van der Waals surface area contributed by atoms with Gasteiger partial charge in [0.1, 0.15) is 5.69 Å². The van der Waals surface area contributed by atoms with Gasteiger partial charge in [0.25, 0.3) is 5.91 Å². The molecule has 1 fully saturated rings. The molecule has 0 spiro atoms. The number of carbonyl (C=O) groups excluding carboxylic acids is 1. The van der Waals surface area contributed by atoms with Crippen molar-refractivity contribution in [2.45, 2.75) is 39.3 Å². The molecule has 1 saturated heterocycles. The van der Waals surface area contributed by atoms with E-state index in [0.29, 0.717) is 23.0 Å². The average molecular weight is 376 g/mol. The Morgan fingerprint density at radius 2 is 2.00 bits per heavy atom. The van der Waals surface area contributed by atoms with Gasteiger partial charge in [-0.05, 0) is 38.4 Å². The molecule has 0 unspecified atom stereocenters. The summed E-state index contributed by atoms with van der Waals surface area (Å²) in [5, 5.41) is 15.2. The van der Waals surface area contributed by atoms with Gasteiger partial charge in [0.15, 0.2) is 5.11 Å². The van der Waals surface area contributed by atoms with E-state index in [2.05, 4.69) is 20.8 Å². The number of rotatable bonds is 5. The summed E-state index contributed by atoms with van der Waals surface area (Å²) < 4.78 is 3.47. The SMILES string of the molecule is CCn1cc(CNC(=S)Nc2cnn(C)c2C(=O)N2CCCCC2)cn1. The molecular formula is C17H25N7OS. The molecule has 0 aliphatic carbocycles. The van der Waals surface area contributed by atoms with Crippen LogP contribution in [0.3, 0.4) is 0 Å². The van der Waals surface area contributed by atoms with Gasteiger partial charge in [-0.1, -0.05) is 0 Å². The average Bonchev–Trinajstić information content (AvgIpc) is 3.27. The number of anilines is 1. The van der Waals surface area contributed by atoms with E-state index in [9.17, 15) is 4.79 Å². The molecule has 2 aromatic heterocycles. The van der Waals surface area contributed by atoms with Crippen LogP contribution in [-0.2, 0) is 20.1 Å². The van der Waals surface area contributed by atoms with Crippen LogP contribution < -0.4 is 10.6 Å². The lowest BCUT2D eigenvalue weighted by atomic mass is 10.1. The fourth-order valence-corrected chi connectivity index (χ4v) is 3.23. The first-order valence-electron chi connectivity index (χ1n) is 8.96. The van der Waals surface area contributed by atoms with Crippen LogP contribution in [0.5, 0.6) is 0 Å². The number of aromatic nitrogens is 4. The van der Waals surface area contributed by atoms with Crippen LogP contribution in [0.15, 0.2) is 18.6 Å². The highest BCUT2D eigenvalue weighted by Crippen LogP contribution is 2.19. The largest absolute Gasteiger partial charge is 0.358 e. The van der Waals surface area contributed by atoms with E-state index in [1.165, 1.54) is 6.42 Å². The molecule has 0 bridgehead atoms. The fraction of sp³-hybridized carbons (Fsp3) is 0.529. The first-order valence-corrected chi connectivity index (χ1v) is 9.36. The molecule has 8 nitrogen and oxygen atoms in total. The zero-order valence-corrected chi connectivity index (χ0v) is 16.1. The summed E-state index contributed by atoms with van der Waals surface area (Å²) in [7, 11) is 1.78. The molecule has 0 radical (unpaired) electrons. The van der Waals surface area contributed by atoms with Crippen molar-refractivity contribution < 1.29 is 4.79 Å². The maximum absolute atomic E-state index is 12.8.